The fourth-order valence-electron chi connectivity index (χ4n) is 3.81. The van der Waals surface area contributed by atoms with Crippen LogP contribution < -0.4 is 10.1 Å². The molecule has 4 heterocycles. The molecule has 1 aromatic carbocycles. The van der Waals surface area contributed by atoms with Gasteiger partial charge in [0.15, 0.2) is 11.6 Å². The van der Waals surface area contributed by atoms with Crippen LogP contribution in [0.5, 0.6) is 5.88 Å². The van der Waals surface area contributed by atoms with Crippen LogP contribution in [-0.4, -0.2) is 46.2 Å². The molecule has 14 heteroatoms. The van der Waals surface area contributed by atoms with Gasteiger partial charge in [0.1, 0.15) is 17.8 Å². The Kier molecular flexibility index (Phi) is 6.63. The Morgan fingerprint density at radius 2 is 1.82 bits per heavy atom. The smallest absolute Gasteiger partial charge is 0.388 e. The first-order valence-electron chi connectivity index (χ1n) is 11.3. The van der Waals surface area contributed by atoms with Crippen LogP contribution in [0.4, 0.5) is 29.1 Å². The van der Waals surface area contributed by atoms with E-state index in [-0.39, 0.29) is 17.2 Å². The lowest BCUT2D eigenvalue weighted by atomic mass is 10.1. The fourth-order valence-corrected chi connectivity index (χ4v) is 3.81. The van der Waals surface area contributed by atoms with Crippen molar-refractivity contribution in [2.75, 3.05) is 5.32 Å². The summed E-state index contributed by atoms with van der Waals surface area (Å²) in [6.45, 7) is -0.00410. The number of aliphatic hydroxyl groups is 1. The van der Waals surface area contributed by atoms with Gasteiger partial charge in [0, 0.05) is 17.3 Å². The first-order chi connectivity index (χ1) is 18.2. The van der Waals surface area contributed by atoms with Gasteiger partial charge in [-0.2, -0.15) is 13.9 Å². The minimum absolute atomic E-state index is 0.150. The van der Waals surface area contributed by atoms with E-state index in [4.69, 9.17) is 0 Å². The van der Waals surface area contributed by atoms with Crippen molar-refractivity contribution in [3.63, 3.8) is 0 Å². The molecule has 4 aromatic heterocycles. The number of rotatable bonds is 8. The number of hydrogen-bond acceptors (Lipinski definition) is 8. The average Bonchev–Trinajstić information content (AvgIpc) is 3.49. The Morgan fingerprint density at radius 1 is 1.00 bits per heavy atom. The number of alkyl halides is 4. The van der Waals surface area contributed by atoms with Gasteiger partial charge >= 0.3 is 6.61 Å². The predicted molar refractivity (Wildman–Crippen MR) is 128 cm³/mol. The van der Waals surface area contributed by atoms with Gasteiger partial charge in [0.2, 0.25) is 5.88 Å². The topological polar surface area (TPSA) is 116 Å². The summed E-state index contributed by atoms with van der Waals surface area (Å²) in [7, 11) is 0. The summed E-state index contributed by atoms with van der Waals surface area (Å²) in [4.78, 5) is 8.85. The number of aryl methyl sites for hydroxylation is 1. The highest BCUT2D eigenvalue weighted by molar-refractivity contribution is 5.82. The maximum atomic E-state index is 13.8. The van der Waals surface area contributed by atoms with Crippen molar-refractivity contribution in [3.8, 4) is 17.5 Å². The number of nitrogens with zero attached hydrogens (tertiary/aromatic N) is 7. The van der Waals surface area contributed by atoms with Crippen molar-refractivity contribution in [3.05, 3.63) is 71.8 Å². The number of nitrogens with one attached hydrogen (secondary N) is 1. The van der Waals surface area contributed by atoms with E-state index in [1.807, 2.05) is 13.0 Å². The van der Waals surface area contributed by atoms with Crippen LogP contribution in [-0.2, 0) is 0 Å². The van der Waals surface area contributed by atoms with E-state index in [0.29, 0.717) is 33.3 Å². The van der Waals surface area contributed by atoms with Crippen molar-refractivity contribution in [2.24, 2.45) is 0 Å². The lowest BCUT2D eigenvalue weighted by Crippen LogP contribution is -2.12. The van der Waals surface area contributed by atoms with Crippen LogP contribution in [0.15, 0.2) is 54.9 Å². The summed E-state index contributed by atoms with van der Waals surface area (Å²) in [5.74, 6) is -0.0527. The first kappa shape index (κ1) is 25.1. The number of aromatic nitrogens is 7. The number of fused-ring (bicyclic) bond motifs is 1. The van der Waals surface area contributed by atoms with Gasteiger partial charge in [-0.05, 0) is 56.3 Å². The van der Waals surface area contributed by atoms with Gasteiger partial charge in [0.05, 0.1) is 22.8 Å². The zero-order chi connectivity index (χ0) is 27.0. The zero-order valence-electron chi connectivity index (χ0n) is 19.9. The van der Waals surface area contributed by atoms with Crippen LogP contribution in [0.25, 0.3) is 22.7 Å². The monoisotopic (exact) mass is 528 g/mol. The van der Waals surface area contributed by atoms with Crippen LogP contribution in [0.3, 0.4) is 0 Å². The molecule has 5 aromatic rings. The van der Waals surface area contributed by atoms with E-state index < -0.39 is 30.7 Å². The molecule has 1 unspecified atom stereocenters. The van der Waals surface area contributed by atoms with Gasteiger partial charge in [-0.25, -0.2) is 23.4 Å². The van der Waals surface area contributed by atoms with Crippen molar-refractivity contribution in [2.45, 2.75) is 33.0 Å². The molecule has 0 fully saturated rings. The summed E-state index contributed by atoms with van der Waals surface area (Å²) >= 11 is 0. The van der Waals surface area contributed by atoms with E-state index in [9.17, 15) is 22.7 Å². The molecule has 1 atom stereocenters. The van der Waals surface area contributed by atoms with Gasteiger partial charge in [-0.1, -0.05) is 0 Å². The second-order valence-corrected chi connectivity index (χ2v) is 8.26. The molecule has 0 saturated heterocycles. The Morgan fingerprint density at radius 3 is 2.50 bits per heavy atom. The molecule has 10 nitrogen and oxygen atoms in total. The van der Waals surface area contributed by atoms with E-state index in [1.54, 1.807) is 34.9 Å². The van der Waals surface area contributed by atoms with Crippen LogP contribution in [0, 0.1) is 6.92 Å². The van der Waals surface area contributed by atoms with E-state index in [0.717, 1.165) is 5.69 Å². The largest absolute Gasteiger partial charge is 0.415 e. The Hall–Kier alpha value is -4.59. The highest BCUT2D eigenvalue weighted by Crippen LogP contribution is 2.31. The first-order valence-corrected chi connectivity index (χ1v) is 11.3. The van der Waals surface area contributed by atoms with Gasteiger partial charge in [-0.15, -0.1) is 10.2 Å². The normalized spacial score (nSPS) is 12.4. The highest BCUT2D eigenvalue weighted by atomic mass is 19.3. The van der Waals surface area contributed by atoms with E-state index >= 15 is 0 Å². The fraction of sp³-hybridized carbons (Fsp3) is 0.208. The van der Waals surface area contributed by atoms with Crippen molar-refractivity contribution < 1.29 is 27.4 Å². The van der Waals surface area contributed by atoms with Crippen LogP contribution >= 0.6 is 0 Å². The third kappa shape index (κ3) is 4.98. The minimum atomic E-state index is -3.26. The van der Waals surface area contributed by atoms with Gasteiger partial charge < -0.3 is 15.2 Å². The second-order valence-electron chi connectivity index (χ2n) is 8.26. The van der Waals surface area contributed by atoms with E-state index in [1.165, 1.54) is 19.3 Å². The predicted octanol–water partition coefficient (Wildman–Crippen LogP) is 5.04. The van der Waals surface area contributed by atoms with Crippen LogP contribution in [0.2, 0.25) is 0 Å². The third-order valence-corrected chi connectivity index (χ3v) is 5.55. The molecule has 0 amide bonds. The average molecular weight is 528 g/mol. The number of pyridine rings is 1. The molecule has 0 aliphatic rings. The summed E-state index contributed by atoms with van der Waals surface area (Å²) < 4.78 is 59.5. The summed E-state index contributed by atoms with van der Waals surface area (Å²) in [6.07, 6.45) is -2.71. The quantitative estimate of drug-likeness (QED) is 0.269. The molecule has 0 bridgehead atoms. The maximum Gasteiger partial charge on any atom is 0.388 e. The van der Waals surface area contributed by atoms with E-state index in [2.05, 4.69) is 35.3 Å². The summed E-state index contributed by atoms with van der Waals surface area (Å²) in [6, 6.07) is 12.7. The van der Waals surface area contributed by atoms with Crippen molar-refractivity contribution >= 4 is 22.5 Å². The Balaban J connectivity index is 1.55. The molecule has 0 radical (unpaired) electrons. The molecule has 0 aliphatic heterocycles. The molecule has 196 valence electrons. The summed E-state index contributed by atoms with van der Waals surface area (Å²) in [5, 5.41) is 25.2. The molecule has 2 N–H and O–H groups in total. The zero-order valence-corrected chi connectivity index (χ0v) is 19.9. The minimum Gasteiger partial charge on any atom is -0.415 e. The summed E-state index contributed by atoms with van der Waals surface area (Å²) in [5.41, 5.74) is 2.16. The molecule has 0 aliphatic carbocycles. The molecule has 5 rings (SSSR count). The number of halogens is 4. The lowest BCUT2D eigenvalue weighted by Gasteiger charge is -2.15. The number of hydrogen-bond donors (Lipinski definition) is 2. The number of imidazole rings is 1. The highest BCUT2D eigenvalue weighted by Gasteiger charge is 2.24. The molecule has 0 saturated carbocycles. The van der Waals surface area contributed by atoms with Gasteiger partial charge in [0.25, 0.3) is 6.43 Å². The van der Waals surface area contributed by atoms with Crippen molar-refractivity contribution in [1.82, 2.24) is 34.5 Å². The number of ether oxygens (including phenoxy) is 1. The second kappa shape index (κ2) is 10.0. The molecule has 0 spiro atoms. The standard InChI is InChI=1S/C24H20F4N8O2/c1-12-3-7-19(33-32-12)30-14-4-6-17-16(9-14)29-11-35(17)20-8-5-15(13(2)37)23(31-20)36-18(22(25)26)10-21(34-36)38-24(27)28/h3-11,13,22,24,37H,1-2H3,(H,30,33). The molecular weight excluding hydrogens is 508 g/mol. The third-order valence-electron chi connectivity index (χ3n) is 5.55. The Bertz CT molecular complexity index is 1580. The number of aliphatic hydroxyl groups excluding tert-OH is 1. The number of anilines is 2. The Labute approximate surface area is 212 Å². The SMILES string of the molecule is Cc1ccc(Nc2ccc3c(c2)ncn3-c2ccc(C(C)O)c(-n3nc(OC(F)F)cc3C(F)F)n2)nn1. The maximum absolute atomic E-state index is 13.8. The van der Waals surface area contributed by atoms with Crippen molar-refractivity contribution in [1.29, 1.82) is 0 Å². The molecular formula is C24H20F4N8O2. The van der Waals surface area contributed by atoms with Crippen LogP contribution in [0.1, 0.15) is 36.4 Å². The lowest BCUT2D eigenvalue weighted by molar-refractivity contribution is -0.0530. The number of benzene rings is 1. The molecule has 38 heavy (non-hydrogen) atoms. The van der Waals surface area contributed by atoms with Gasteiger partial charge in [-0.3, -0.25) is 4.57 Å².